The smallest absolute Gasteiger partial charge is 0.140 e. The minimum atomic E-state index is -1.41. The average Bonchev–Trinajstić information content (AvgIpc) is 3.59. The molecule has 1 aliphatic heterocycles. The molecule has 0 amide bonds. The van der Waals surface area contributed by atoms with Crippen molar-refractivity contribution in [1.82, 2.24) is 0 Å². The van der Waals surface area contributed by atoms with Crippen molar-refractivity contribution in [3.8, 4) is 5.75 Å². The van der Waals surface area contributed by atoms with Gasteiger partial charge in [0.05, 0.1) is 45.4 Å². The first kappa shape index (κ1) is 27.3. The Morgan fingerprint density at radius 2 is 1.51 bits per heavy atom. The quantitative estimate of drug-likeness (QED) is 0.271. The molecule has 0 bridgehead atoms. The molecule has 3 unspecified atom stereocenters. The average molecular weight is 515 g/mol. The van der Waals surface area contributed by atoms with Gasteiger partial charge < -0.3 is 43.8 Å². The molecule has 2 aromatic carbocycles. The molecule has 2 heterocycles. The van der Waals surface area contributed by atoms with Gasteiger partial charge in [0.1, 0.15) is 42.0 Å². The van der Waals surface area contributed by atoms with Gasteiger partial charge in [0.2, 0.25) is 0 Å². The fourth-order valence-corrected chi connectivity index (χ4v) is 4.44. The van der Waals surface area contributed by atoms with Gasteiger partial charge in [0.25, 0.3) is 0 Å². The first-order chi connectivity index (χ1) is 18.0. The Morgan fingerprint density at radius 1 is 0.838 bits per heavy atom. The topological polar surface area (TPSA) is 131 Å². The lowest BCUT2D eigenvalue weighted by atomic mass is 9.97. The highest BCUT2D eigenvalue weighted by atomic mass is 16.6. The van der Waals surface area contributed by atoms with Crippen molar-refractivity contribution in [2.24, 2.45) is 0 Å². The van der Waals surface area contributed by atoms with E-state index in [1.54, 1.807) is 19.2 Å². The molecule has 9 nitrogen and oxygen atoms in total. The predicted octanol–water partition coefficient (Wildman–Crippen LogP) is 2.36. The van der Waals surface area contributed by atoms with E-state index in [2.05, 4.69) is 0 Å². The van der Waals surface area contributed by atoms with Gasteiger partial charge in [-0.15, -0.1) is 0 Å². The Kier molecular flexibility index (Phi) is 9.70. The maximum Gasteiger partial charge on any atom is 0.140 e. The minimum absolute atomic E-state index is 0.0540. The second kappa shape index (κ2) is 13.2. The van der Waals surface area contributed by atoms with Crippen molar-refractivity contribution in [1.29, 1.82) is 0 Å². The number of benzene rings is 2. The van der Waals surface area contributed by atoms with E-state index >= 15 is 0 Å². The van der Waals surface area contributed by atoms with Crippen LogP contribution in [0.15, 0.2) is 77.4 Å². The number of aliphatic hydroxyl groups excluding tert-OH is 4. The van der Waals surface area contributed by atoms with Crippen LogP contribution in [0.5, 0.6) is 5.75 Å². The third-order valence-electron chi connectivity index (χ3n) is 6.44. The van der Waals surface area contributed by atoms with Crippen LogP contribution in [0.1, 0.15) is 29.4 Å². The van der Waals surface area contributed by atoms with Gasteiger partial charge in [0.15, 0.2) is 0 Å². The molecular formula is C28H34O9. The maximum atomic E-state index is 11.1. The van der Waals surface area contributed by atoms with Crippen LogP contribution in [-0.4, -0.2) is 70.8 Å². The van der Waals surface area contributed by atoms with Crippen molar-refractivity contribution in [3.05, 3.63) is 89.9 Å². The molecule has 1 fully saturated rings. The number of hydrogen-bond donors (Lipinski definition) is 4. The first-order valence-electron chi connectivity index (χ1n) is 12.2. The molecule has 0 spiro atoms. The molecule has 4 N–H and O–H groups in total. The van der Waals surface area contributed by atoms with Crippen LogP contribution in [0, 0.1) is 0 Å². The number of hydrogen-bond acceptors (Lipinski definition) is 9. The van der Waals surface area contributed by atoms with Gasteiger partial charge >= 0.3 is 0 Å². The van der Waals surface area contributed by atoms with Gasteiger partial charge in [0, 0.05) is 6.42 Å². The SMILES string of the molecule is COc1ccc(CO[C@@H]2[C@@H](OCc3ccccc3)[C@@H](CC(O)CO)O[C@H]2C(O)C(O)c2ccco2)cc1. The van der Waals surface area contributed by atoms with Crippen LogP contribution in [0.2, 0.25) is 0 Å². The summed E-state index contributed by atoms with van der Waals surface area (Å²) in [6.45, 7) is -0.0318. The van der Waals surface area contributed by atoms with Gasteiger partial charge in [-0.25, -0.2) is 0 Å². The molecule has 0 saturated carbocycles. The van der Waals surface area contributed by atoms with Crippen molar-refractivity contribution < 1.29 is 43.8 Å². The number of furan rings is 1. The standard InChI is InChI=1S/C28H34O9/c1-33-21-11-9-19(10-12-21)17-36-28-26(35-16-18-6-3-2-4-7-18)23(14-20(30)15-29)37-27(28)25(32)24(31)22-8-5-13-34-22/h2-13,20,23-32H,14-17H2,1H3/t20?,23-,24?,25?,26+,27+,28-/m1/s1. The van der Waals surface area contributed by atoms with Crippen LogP contribution >= 0.6 is 0 Å². The van der Waals surface area contributed by atoms with Crippen LogP contribution in [0.25, 0.3) is 0 Å². The molecule has 1 saturated heterocycles. The minimum Gasteiger partial charge on any atom is -0.497 e. The number of methoxy groups -OCH3 is 1. The summed E-state index contributed by atoms with van der Waals surface area (Å²) in [6, 6.07) is 20.1. The van der Waals surface area contributed by atoms with E-state index < -0.39 is 49.3 Å². The van der Waals surface area contributed by atoms with E-state index in [1.807, 2.05) is 54.6 Å². The summed E-state index contributed by atoms with van der Waals surface area (Å²) in [5.41, 5.74) is 1.79. The Hall–Kier alpha value is -2.76. The van der Waals surface area contributed by atoms with Gasteiger partial charge in [-0.2, -0.15) is 0 Å². The summed E-state index contributed by atoms with van der Waals surface area (Å²) in [6.07, 6.45) is -5.60. The second-order valence-corrected chi connectivity index (χ2v) is 9.05. The Balaban J connectivity index is 1.58. The van der Waals surface area contributed by atoms with E-state index in [0.717, 1.165) is 11.1 Å². The largest absolute Gasteiger partial charge is 0.497 e. The highest BCUT2D eigenvalue weighted by molar-refractivity contribution is 5.26. The molecule has 1 aromatic heterocycles. The van der Waals surface area contributed by atoms with Crippen LogP contribution in [0.3, 0.4) is 0 Å². The van der Waals surface area contributed by atoms with E-state index in [-0.39, 0.29) is 25.4 Å². The van der Waals surface area contributed by atoms with Gasteiger partial charge in [-0.05, 0) is 35.4 Å². The van der Waals surface area contributed by atoms with Crippen LogP contribution in [-0.2, 0) is 27.4 Å². The monoisotopic (exact) mass is 514 g/mol. The van der Waals surface area contributed by atoms with Crippen LogP contribution < -0.4 is 4.74 Å². The molecule has 4 rings (SSSR count). The summed E-state index contributed by atoms with van der Waals surface area (Å²) in [7, 11) is 1.59. The third-order valence-corrected chi connectivity index (χ3v) is 6.44. The fourth-order valence-electron chi connectivity index (χ4n) is 4.44. The van der Waals surface area contributed by atoms with Crippen molar-refractivity contribution in [2.75, 3.05) is 13.7 Å². The summed E-state index contributed by atoms with van der Waals surface area (Å²) >= 11 is 0. The molecule has 0 aliphatic carbocycles. The zero-order chi connectivity index (χ0) is 26.2. The lowest BCUT2D eigenvalue weighted by Gasteiger charge is -2.28. The van der Waals surface area contributed by atoms with E-state index in [1.165, 1.54) is 6.26 Å². The first-order valence-corrected chi connectivity index (χ1v) is 12.2. The third kappa shape index (κ3) is 6.97. The van der Waals surface area contributed by atoms with E-state index in [4.69, 9.17) is 23.4 Å². The van der Waals surface area contributed by atoms with Gasteiger partial charge in [-0.1, -0.05) is 42.5 Å². The molecule has 0 radical (unpaired) electrons. The second-order valence-electron chi connectivity index (χ2n) is 9.05. The predicted molar refractivity (Wildman–Crippen MR) is 133 cm³/mol. The van der Waals surface area contributed by atoms with E-state index in [0.29, 0.717) is 5.75 Å². The number of rotatable bonds is 13. The number of ether oxygens (including phenoxy) is 4. The summed E-state index contributed by atoms with van der Waals surface area (Å²) in [5, 5.41) is 41.6. The molecule has 7 atom stereocenters. The fraction of sp³-hybridized carbons (Fsp3) is 0.429. The lowest BCUT2D eigenvalue weighted by molar-refractivity contribution is -0.132. The lowest BCUT2D eigenvalue weighted by Crippen LogP contribution is -2.44. The Morgan fingerprint density at radius 3 is 2.14 bits per heavy atom. The number of aliphatic hydroxyl groups is 4. The zero-order valence-corrected chi connectivity index (χ0v) is 20.6. The maximum absolute atomic E-state index is 11.1. The Bertz CT molecular complexity index is 1040. The normalized spacial score (nSPS) is 24.0. The van der Waals surface area contributed by atoms with Gasteiger partial charge in [-0.3, -0.25) is 0 Å². The summed E-state index contributed by atoms with van der Waals surface area (Å²) < 4.78 is 29.2. The highest BCUT2D eigenvalue weighted by Gasteiger charge is 2.51. The molecule has 1 aliphatic rings. The van der Waals surface area contributed by atoms with Crippen molar-refractivity contribution in [2.45, 2.75) is 62.4 Å². The van der Waals surface area contributed by atoms with Crippen molar-refractivity contribution in [3.63, 3.8) is 0 Å². The van der Waals surface area contributed by atoms with E-state index in [9.17, 15) is 20.4 Å². The molecule has 9 heteroatoms. The molecular weight excluding hydrogens is 480 g/mol. The zero-order valence-electron chi connectivity index (χ0n) is 20.6. The highest BCUT2D eigenvalue weighted by Crippen LogP contribution is 2.36. The molecule has 3 aromatic rings. The summed E-state index contributed by atoms with van der Waals surface area (Å²) in [5.74, 6) is 0.899. The Labute approximate surface area is 215 Å². The molecule has 37 heavy (non-hydrogen) atoms. The van der Waals surface area contributed by atoms with Crippen molar-refractivity contribution >= 4 is 0 Å². The molecule has 200 valence electrons. The van der Waals surface area contributed by atoms with Crippen LogP contribution in [0.4, 0.5) is 0 Å². The summed E-state index contributed by atoms with van der Waals surface area (Å²) in [4.78, 5) is 0.